The number of halogens is 1. The van der Waals surface area contributed by atoms with Gasteiger partial charge in [0.25, 0.3) is 0 Å². The lowest BCUT2D eigenvalue weighted by molar-refractivity contribution is -0.140. The van der Waals surface area contributed by atoms with Crippen LogP contribution in [0.3, 0.4) is 0 Å². The number of hydrogen-bond acceptors (Lipinski definition) is 5. The lowest BCUT2D eigenvalue weighted by atomic mass is 10.0. The molecule has 0 aliphatic heterocycles. The second kappa shape index (κ2) is 15.3. The number of anilines is 1. The fourth-order valence-corrected chi connectivity index (χ4v) is 5.57. The zero-order valence-electron chi connectivity index (χ0n) is 25.6. The molecular formula is C35H38FN3O5S. The topological polar surface area (TPSA) is 96.0 Å². The Morgan fingerprint density at radius 1 is 0.844 bits per heavy atom. The number of sulfonamides is 1. The van der Waals surface area contributed by atoms with Crippen LogP contribution in [-0.2, 0) is 32.6 Å². The van der Waals surface area contributed by atoms with Gasteiger partial charge in [-0.3, -0.25) is 13.9 Å². The Bertz CT molecular complexity index is 1670. The Kier molecular flexibility index (Phi) is 11.3. The molecule has 0 bridgehead atoms. The van der Waals surface area contributed by atoms with E-state index in [1.54, 1.807) is 54.6 Å². The van der Waals surface area contributed by atoms with E-state index in [4.69, 9.17) is 4.74 Å². The number of carbonyl (C=O) groups excluding carboxylic acids is 2. The summed E-state index contributed by atoms with van der Waals surface area (Å²) < 4.78 is 47.8. The van der Waals surface area contributed by atoms with Gasteiger partial charge in [-0.1, -0.05) is 73.7 Å². The molecule has 0 fully saturated rings. The Balaban J connectivity index is 1.69. The molecule has 0 aromatic heterocycles. The van der Waals surface area contributed by atoms with Crippen LogP contribution in [0.25, 0.3) is 0 Å². The summed E-state index contributed by atoms with van der Waals surface area (Å²) in [6.07, 6.45) is 1.82. The van der Waals surface area contributed by atoms with Gasteiger partial charge in [0.05, 0.1) is 11.9 Å². The number of rotatable bonds is 14. The maximum atomic E-state index is 14.9. The summed E-state index contributed by atoms with van der Waals surface area (Å²) in [5, 5.41) is 2.95. The van der Waals surface area contributed by atoms with Crippen molar-refractivity contribution in [1.82, 2.24) is 10.2 Å². The zero-order chi connectivity index (χ0) is 32.4. The molecule has 4 aromatic rings. The van der Waals surface area contributed by atoms with E-state index in [0.717, 1.165) is 16.1 Å². The summed E-state index contributed by atoms with van der Waals surface area (Å²) in [6.45, 7) is 2.95. The fraction of sp³-hybridized carbons (Fsp3) is 0.257. The first-order valence-electron chi connectivity index (χ1n) is 14.7. The minimum atomic E-state index is -3.96. The Morgan fingerprint density at radius 3 is 2.02 bits per heavy atom. The van der Waals surface area contributed by atoms with Crippen molar-refractivity contribution in [3.8, 4) is 11.5 Å². The molecule has 1 N–H and O–H groups in total. The Morgan fingerprint density at radius 2 is 1.42 bits per heavy atom. The van der Waals surface area contributed by atoms with E-state index in [2.05, 4.69) is 5.32 Å². The summed E-state index contributed by atoms with van der Waals surface area (Å²) >= 11 is 0. The Hall–Kier alpha value is -4.70. The van der Waals surface area contributed by atoms with Crippen LogP contribution in [0, 0.1) is 5.82 Å². The molecule has 2 amide bonds. The number of hydrogen-bond donors (Lipinski definition) is 1. The summed E-state index contributed by atoms with van der Waals surface area (Å²) in [4.78, 5) is 29.2. The molecule has 10 heteroatoms. The lowest BCUT2D eigenvalue weighted by Gasteiger charge is -2.34. The van der Waals surface area contributed by atoms with Gasteiger partial charge in [-0.2, -0.15) is 0 Å². The van der Waals surface area contributed by atoms with E-state index in [1.807, 2.05) is 62.4 Å². The highest BCUT2D eigenvalue weighted by Gasteiger charge is 2.33. The third kappa shape index (κ3) is 9.39. The predicted molar refractivity (Wildman–Crippen MR) is 174 cm³/mol. The van der Waals surface area contributed by atoms with Crippen LogP contribution in [0.5, 0.6) is 11.5 Å². The van der Waals surface area contributed by atoms with Gasteiger partial charge >= 0.3 is 0 Å². The molecular weight excluding hydrogens is 593 g/mol. The number of ether oxygens (including phenoxy) is 1. The van der Waals surface area contributed by atoms with Crippen molar-refractivity contribution in [2.24, 2.45) is 0 Å². The SMILES string of the molecule is CC[C@@H](C)NC(=O)[C@@H](Cc1ccccc1)N(Cc1ccccc1F)C(=O)CN(c1ccc(Oc2ccccc2)cc1)S(C)(=O)=O. The van der Waals surface area contributed by atoms with Crippen LogP contribution >= 0.6 is 0 Å². The summed E-state index contributed by atoms with van der Waals surface area (Å²) in [5.41, 5.74) is 1.23. The molecule has 236 valence electrons. The largest absolute Gasteiger partial charge is 0.457 e. The van der Waals surface area contributed by atoms with Crippen LogP contribution in [0.4, 0.5) is 10.1 Å². The van der Waals surface area contributed by atoms with Crippen LogP contribution < -0.4 is 14.4 Å². The van der Waals surface area contributed by atoms with Crippen LogP contribution in [-0.4, -0.2) is 50.0 Å². The molecule has 0 heterocycles. The summed E-state index contributed by atoms with van der Waals surface area (Å²) in [5.74, 6) is -0.510. The predicted octanol–water partition coefficient (Wildman–Crippen LogP) is 5.94. The summed E-state index contributed by atoms with van der Waals surface area (Å²) in [6, 6.07) is 29.4. The molecule has 0 unspecified atom stereocenters. The minimum absolute atomic E-state index is 0.147. The maximum Gasteiger partial charge on any atom is 0.244 e. The van der Waals surface area contributed by atoms with Crippen molar-refractivity contribution in [3.63, 3.8) is 0 Å². The Labute approximate surface area is 264 Å². The molecule has 8 nitrogen and oxygen atoms in total. The third-order valence-corrected chi connectivity index (χ3v) is 8.49. The number of benzene rings is 4. The number of nitrogens with one attached hydrogen (secondary N) is 1. The lowest BCUT2D eigenvalue weighted by Crippen LogP contribution is -2.54. The third-order valence-electron chi connectivity index (χ3n) is 7.35. The van der Waals surface area contributed by atoms with Gasteiger partial charge in [0, 0.05) is 24.6 Å². The molecule has 4 rings (SSSR count). The maximum absolute atomic E-state index is 14.9. The minimum Gasteiger partial charge on any atom is -0.457 e. The molecule has 0 aliphatic rings. The highest BCUT2D eigenvalue weighted by Crippen LogP contribution is 2.26. The van der Waals surface area contributed by atoms with Crippen molar-refractivity contribution in [3.05, 3.63) is 126 Å². The van der Waals surface area contributed by atoms with Crippen molar-refractivity contribution in [2.75, 3.05) is 17.1 Å². The van der Waals surface area contributed by atoms with Gasteiger partial charge in [-0.15, -0.1) is 0 Å². The monoisotopic (exact) mass is 631 g/mol. The van der Waals surface area contributed by atoms with Crippen molar-refractivity contribution in [1.29, 1.82) is 0 Å². The molecule has 0 aliphatic carbocycles. The van der Waals surface area contributed by atoms with Gasteiger partial charge < -0.3 is 15.0 Å². The molecule has 0 saturated carbocycles. The first kappa shape index (κ1) is 33.2. The zero-order valence-corrected chi connectivity index (χ0v) is 26.4. The molecule has 2 atom stereocenters. The van der Waals surface area contributed by atoms with Crippen molar-refractivity contribution >= 4 is 27.5 Å². The van der Waals surface area contributed by atoms with E-state index < -0.39 is 40.2 Å². The molecule has 4 aromatic carbocycles. The highest BCUT2D eigenvalue weighted by atomic mass is 32.2. The van der Waals surface area contributed by atoms with Gasteiger partial charge in [0.1, 0.15) is 29.9 Å². The molecule has 0 spiro atoms. The standard InChI is InChI=1S/C35H38FN3O5S/c1-4-26(2)37-35(41)33(23-27-13-7-5-8-14-27)38(24-28-15-11-12-18-32(28)36)34(40)25-39(45(3,42)43)29-19-21-31(22-20-29)44-30-16-9-6-10-17-30/h5-22,26,33H,4,23-25H2,1-3H3,(H,37,41)/t26-,33-/m1/s1. The van der Waals surface area contributed by atoms with Crippen LogP contribution in [0.2, 0.25) is 0 Å². The number of nitrogens with zero attached hydrogens (tertiary/aromatic N) is 2. The number of amides is 2. The van der Waals surface area contributed by atoms with E-state index in [9.17, 15) is 22.4 Å². The van der Waals surface area contributed by atoms with Crippen molar-refractivity contribution < 1.29 is 27.1 Å². The van der Waals surface area contributed by atoms with Crippen LogP contribution in [0.1, 0.15) is 31.4 Å². The summed E-state index contributed by atoms with van der Waals surface area (Å²) in [7, 11) is -3.96. The van der Waals surface area contributed by atoms with E-state index in [0.29, 0.717) is 17.9 Å². The molecule has 45 heavy (non-hydrogen) atoms. The van der Waals surface area contributed by atoms with E-state index in [-0.39, 0.29) is 30.3 Å². The number of carbonyl (C=O) groups is 2. The first-order valence-corrected chi connectivity index (χ1v) is 16.6. The van der Waals surface area contributed by atoms with E-state index in [1.165, 1.54) is 11.0 Å². The molecule has 0 saturated heterocycles. The smallest absolute Gasteiger partial charge is 0.244 e. The normalized spacial score (nSPS) is 12.5. The average molecular weight is 632 g/mol. The molecule has 0 radical (unpaired) electrons. The van der Waals surface area contributed by atoms with Gasteiger partial charge in [0.15, 0.2) is 0 Å². The van der Waals surface area contributed by atoms with Crippen LogP contribution in [0.15, 0.2) is 109 Å². The second-order valence-electron chi connectivity index (χ2n) is 10.8. The quantitative estimate of drug-likeness (QED) is 0.186. The van der Waals surface area contributed by atoms with Gasteiger partial charge in [-0.05, 0) is 61.4 Å². The van der Waals surface area contributed by atoms with Crippen molar-refractivity contribution in [2.45, 2.75) is 45.3 Å². The second-order valence-corrected chi connectivity index (χ2v) is 12.7. The first-order chi connectivity index (χ1) is 21.5. The fourth-order valence-electron chi connectivity index (χ4n) is 4.72. The highest BCUT2D eigenvalue weighted by molar-refractivity contribution is 7.92. The number of para-hydroxylation sites is 1. The van der Waals surface area contributed by atoms with E-state index >= 15 is 0 Å². The van der Waals surface area contributed by atoms with Gasteiger partial charge in [-0.25, -0.2) is 12.8 Å². The average Bonchev–Trinajstić information content (AvgIpc) is 3.03. The van der Waals surface area contributed by atoms with Gasteiger partial charge in [0.2, 0.25) is 21.8 Å².